The highest BCUT2D eigenvalue weighted by atomic mass is 35.5. The minimum atomic E-state index is -1.18. The fraction of sp³-hybridized carbons (Fsp3) is 0.324. The Kier molecular flexibility index (Phi) is 10.7. The normalized spacial score (nSPS) is 18.7. The standard InChI is InChI=1S/C37H36Cl2FN3O7/c1-48-33-9-7-24(15-34(33)49-2)28(17-30-31(38)19-42(47)20-32(30)39)29-14-22(6-8-27(29)36(44)45)18-43(26-5-3-4-25(40)16-26)37(46)50-35-21-41-12-10-23(35)11-13-41/h3-9,14-16,19-20,23,28,35H,10-13,17-18,21H2,1-2H3,(H,44,45)/t28-,35+/m1/s1. The molecule has 50 heavy (non-hydrogen) atoms. The monoisotopic (exact) mass is 723 g/mol. The van der Waals surface area contributed by atoms with Crippen LogP contribution in [-0.4, -0.2) is 62.0 Å². The summed E-state index contributed by atoms with van der Waals surface area (Å²) >= 11 is 13.0. The third-order valence-corrected chi connectivity index (χ3v) is 10.2. The average Bonchev–Trinajstić information content (AvgIpc) is 3.10. The molecule has 2 atom stereocenters. The zero-order valence-corrected chi connectivity index (χ0v) is 29.0. The van der Waals surface area contributed by atoms with Gasteiger partial charge in [0.15, 0.2) is 23.9 Å². The lowest BCUT2D eigenvalue weighted by molar-refractivity contribution is -0.605. The summed E-state index contributed by atoms with van der Waals surface area (Å²) in [5.41, 5.74) is 2.33. The first-order chi connectivity index (χ1) is 24.0. The van der Waals surface area contributed by atoms with Gasteiger partial charge in [-0.3, -0.25) is 9.80 Å². The quantitative estimate of drug-likeness (QED) is 0.129. The van der Waals surface area contributed by atoms with Gasteiger partial charge in [0.2, 0.25) is 0 Å². The predicted octanol–water partition coefficient (Wildman–Crippen LogP) is 7.09. The molecule has 3 aliphatic heterocycles. The lowest BCUT2D eigenvalue weighted by atomic mass is 9.82. The minimum absolute atomic E-state index is 0.00256. The molecule has 3 saturated heterocycles. The van der Waals surface area contributed by atoms with Gasteiger partial charge in [-0.1, -0.05) is 47.5 Å². The van der Waals surface area contributed by atoms with Crippen molar-refractivity contribution in [3.63, 3.8) is 0 Å². The van der Waals surface area contributed by atoms with E-state index in [4.69, 9.17) is 37.4 Å². The van der Waals surface area contributed by atoms with Crippen molar-refractivity contribution in [2.45, 2.75) is 37.8 Å². The molecule has 262 valence electrons. The molecule has 3 aromatic carbocycles. The second kappa shape index (κ2) is 15.1. The minimum Gasteiger partial charge on any atom is -0.619 e. The van der Waals surface area contributed by atoms with E-state index in [1.807, 2.05) is 0 Å². The maximum Gasteiger partial charge on any atom is 0.414 e. The molecule has 7 rings (SSSR count). The van der Waals surface area contributed by atoms with Crippen molar-refractivity contribution in [1.82, 2.24) is 4.90 Å². The van der Waals surface area contributed by atoms with Crippen LogP contribution in [0.5, 0.6) is 11.5 Å². The Labute approximate surface area is 299 Å². The number of aromatic carboxylic acids is 1. The number of anilines is 1. The number of aromatic nitrogens is 1. The number of carbonyl (C=O) groups excluding carboxylic acids is 1. The van der Waals surface area contributed by atoms with E-state index in [0.29, 0.717) is 50.7 Å². The molecule has 10 nitrogen and oxygen atoms in total. The van der Waals surface area contributed by atoms with Gasteiger partial charge in [-0.25, -0.2) is 14.0 Å². The number of benzene rings is 3. The highest BCUT2D eigenvalue weighted by Gasteiger charge is 2.37. The molecule has 0 radical (unpaired) electrons. The number of methoxy groups -OCH3 is 2. The van der Waals surface area contributed by atoms with Crippen LogP contribution in [0.2, 0.25) is 10.0 Å². The third-order valence-electron chi connectivity index (χ3n) is 9.53. The van der Waals surface area contributed by atoms with E-state index in [2.05, 4.69) is 4.90 Å². The van der Waals surface area contributed by atoms with E-state index < -0.39 is 23.8 Å². The predicted molar refractivity (Wildman–Crippen MR) is 186 cm³/mol. The number of hydrogen-bond donors (Lipinski definition) is 1. The van der Waals surface area contributed by atoms with Gasteiger partial charge in [0, 0.05) is 18.0 Å². The van der Waals surface area contributed by atoms with Crippen LogP contribution in [0.4, 0.5) is 14.9 Å². The molecule has 3 fully saturated rings. The topological polar surface area (TPSA) is 115 Å². The Morgan fingerprint density at radius 3 is 2.36 bits per heavy atom. The smallest absolute Gasteiger partial charge is 0.414 e. The number of carboxylic acids is 1. The van der Waals surface area contributed by atoms with Crippen LogP contribution in [0.15, 0.2) is 73.1 Å². The summed E-state index contributed by atoms with van der Waals surface area (Å²) in [7, 11) is 3.00. The molecule has 0 aliphatic carbocycles. The van der Waals surface area contributed by atoms with Crippen LogP contribution in [-0.2, 0) is 17.7 Å². The maximum absolute atomic E-state index is 14.5. The van der Waals surface area contributed by atoms with Gasteiger partial charge >= 0.3 is 12.1 Å². The van der Waals surface area contributed by atoms with Crippen molar-refractivity contribution >= 4 is 41.0 Å². The van der Waals surface area contributed by atoms with E-state index in [9.17, 15) is 24.3 Å². The first kappa shape index (κ1) is 35.3. The fourth-order valence-corrected chi connectivity index (χ4v) is 7.52. The van der Waals surface area contributed by atoms with Crippen LogP contribution in [0.3, 0.4) is 0 Å². The number of fused-ring (bicyclic) bond motifs is 3. The molecule has 4 aromatic rings. The van der Waals surface area contributed by atoms with Crippen molar-refractivity contribution in [3.05, 3.63) is 122 Å². The van der Waals surface area contributed by atoms with Gasteiger partial charge in [0.1, 0.15) is 22.0 Å². The van der Waals surface area contributed by atoms with Gasteiger partial charge in [0.25, 0.3) is 0 Å². The molecule has 1 amide bonds. The van der Waals surface area contributed by atoms with E-state index in [1.54, 1.807) is 36.4 Å². The molecule has 1 N–H and O–H groups in total. The summed E-state index contributed by atoms with van der Waals surface area (Å²) in [6.45, 7) is 2.55. The molecule has 3 aliphatic rings. The van der Waals surface area contributed by atoms with Crippen LogP contribution < -0.4 is 19.1 Å². The summed E-state index contributed by atoms with van der Waals surface area (Å²) in [5.74, 6) is -1.23. The van der Waals surface area contributed by atoms with Gasteiger partial charge in [-0.15, -0.1) is 0 Å². The van der Waals surface area contributed by atoms with Crippen molar-refractivity contribution in [1.29, 1.82) is 0 Å². The summed E-state index contributed by atoms with van der Waals surface area (Å²) in [6, 6.07) is 15.7. The number of carboxylic acid groups (broad SMARTS) is 1. The summed E-state index contributed by atoms with van der Waals surface area (Å²) in [5, 5.41) is 22.7. The SMILES string of the molecule is COc1ccc([C@@H](Cc2c(Cl)c[n+]([O-])cc2Cl)c2cc(CN(C(=O)O[C@H]3CN4CCC3CC4)c3cccc(F)c3)ccc2C(=O)O)cc1OC. The number of hydrogen-bond acceptors (Lipinski definition) is 7. The van der Waals surface area contributed by atoms with Crippen molar-refractivity contribution < 1.29 is 38.0 Å². The van der Waals surface area contributed by atoms with E-state index >= 15 is 0 Å². The van der Waals surface area contributed by atoms with Crippen molar-refractivity contribution in [3.8, 4) is 11.5 Å². The van der Waals surface area contributed by atoms with Gasteiger partial charge in [-0.05, 0) is 91.4 Å². The van der Waals surface area contributed by atoms with Gasteiger partial charge in [0.05, 0.1) is 32.0 Å². The number of carbonyl (C=O) groups is 2. The van der Waals surface area contributed by atoms with Crippen molar-refractivity contribution in [2.75, 3.05) is 38.8 Å². The Hall–Kier alpha value is -4.58. The Bertz CT molecular complexity index is 1880. The number of rotatable bonds is 11. The number of pyridine rings is 1. The van der Waals surface area contributed by atoms with Crippen LogP contribution in [0.25, 0.3) is 0 Å². The molecule has 1 aromatic heterocycles. The first-order valence-corrected chi connectivity index (χ1v) is 16.9. The Balaban J connectivity index is 1.43. The molecular weight excluding hydrogens is 688 g/mol. The Morgan fingerprint density at radius 2 is 1.74 bits per heavy atom. The first-order valence-electron chi connectivity index (χ1n) is 16.2. The molecule has 0 unspecified atom stereocenters. The van der Waals surface area contributed by atoms with Crippen LogP contribution in [0.1, 0.15) is 51.4 Å². The largest absolute Gasteiger partial charge is 0.619 e. The zero-order chi connectivity index (χ0) is 35.5. The highest BCUT2D eigenvalue weighted by Crippen LogP contribution is 2.39. The number of amides is 1. The number of nitrogens with zero attached hydrogens (tertiary/aromatic N) is 3. The van der Waals surface area contributed by atoms with Gasteiger partial charge in [-0.2, -0.15) is 4.73 Å². The third kappa shape index (κ3) is 7.60. The van der Waals surface area contributed by atoms with E-state index in [0.717, 1.165) is 25.9 Å². The molecule has 13 heteroatoms. The lowest BCUT2D eigenvalue weighted by Crippen LogP contribution is -2.53. The molecule has 0 spiro atoms. The number of halogens is 3. The summed E-state index contributed by atoms with van der Waals surface area (Å²) in [4.78, 5) is 30.2. The highest BCUT2D eigenvalue weighted by molar-refractivity contribution is 6.35. The lowest BCUT2D eigenvalue weighted by Gasteiger charge is -2.44. The average molecular weight is 725 g/mol. The molecule has 0 saturated carbocycles. The van der Waals surface area contributed by atoms with Crippen LogP contribution in [0, 0.1) is 16.9 Å². The Morgan fingerprint density at radius 1 is 1.02 bits per heavy atom. The summed E-state index contributed by atoms with van der Waals surface area (Å²) < 4.78 is 32.1. The van der Waals surface area contributed by atoms with E-state index in [1.165, 1.54) is 55.8 Å². The second-order valence-electron chi connectivity index (χ2n) is 12.5. The van der Waals surface area contributed by atoms with Crippen LogP contribution >= 0.6 is 23.2 Å². The molecular formula is C37H36Cl2FN3O7. The fourth-order valence-electron chi connectivity index (χ4n) is 6.93. The molecule has 4 heterocycles. The van der Waals surface area contributed by atoms with E-state index in [-0.39, 0.29) is 40.6 Å². The number of piperidine rings is 3. The molecule has 2 bridgehead atoms. The maximum atomic E-state index is 14.5. The van der Waals surface area contributed by atoms with Crippen molar-refractivity contribution in [2.24, 2.45) is 5.92 Å². The summed E-state index contributed by atoms with van der Waals surface area (Å²) in [6.07, 6.45) is 3.45. The number of ether oxygens (including phenoxy) is 3. The zero-order valence-electron chi connectivity index (χ0n) is 27.5. The van der Waals surface area contributed by atoms with Gasteiger partial charge < -0.3 is 24.5 Å². The second-order valence-corrected chi connectivity index (χ2v) is 13.3.